The minimum atomic E-state index is -3.95. The van der Waals surface area contributed by atoms with Crippen LogP contribution in [0.3, 0.4) is 0 Å². The number of halogens is 1. The van der Waals surface area contributed by atoms with E-state index < -0.39 is 16.1 Å². The lowest BCUT2D eigenvalue weighted by molar-refractivity contribution is 0.204. The maximum atomic E-state index is 13.2. The van der Waals surface area contributed by atoms with E-state index in [1.165, 1.54) is 37.6 Å². The molecule has 0 saturated carbocycles. The van der Waals surface area contributed by atoms with Crippen LogP contribution in [0.5, 0.6) is 11.5 Å². The highest BCUT2D eigenvalue weighted by Gasteiger charge is 2.29. The number of aliphatic hydroxyl groups excluding tert-OH is 1. The number of aliphatic hydroxyl groups is 1. The fourth-order valence-corrected chi connectivity index (χ4v) is 4.87. The molecular weight excluding hydrogens is 410 g/mol. The van der Waals surface area contributed by atoms with Crippen molar-refractivity contribution in [3.8, 4) is 11.5 Å². The van der Waals surface area contributed by atoms with Gasteiger partial charge in [0.2, 0.25) is 0 Å². The van der Waals surface area contributed by atoms with E-state index >= 15 is 0 Å². The molecular formula is C17H20BrNO5S. The molecule has 0 amide bonds. The van der Waals surface area contributed by atoms with Gasteiger partial charge in [0, 0.05) is 10.5 Å². The van der Waals surface area contributed by atoms with E-state index in [1.54, 1.807) is 30.3 Å². The number of hydrogen-bond donors (Lipinski definition) is 1. The first-order valence-corrected chi connectivity index (χ1v) is 9.72. The molecule has 0 aliphatic rings. The average Bonchev–Trinajstić information content (AvgIpc) is 2.59. The Balaban J connectivity index is 2.61. The number of ether oxygens (including phenoxy) is 2. The van der Waals surface area contributed by atoms with Gasteiger partial charge >= 0.3 is 0 Å². The van der Waals surface area contributed by atoms with Gasteiger partial charge in [-0.05, 0) is 41.1 Å². The van der Waals surface area contributed by atoms with Crippen molar-refractivity contribution in [1.82, 2.24) is 0 Å². The van der Waals surface area contributed by atoms with E-state index in [1.807, 2.05) is 0 Å². The van der Waals surface area contributed by atoms with Crippen LogP contribution in [0.25, 0.3) is 0 Å². The van der Waals surface area contributed by atoms with Gasteiger partial charge in [0.05, 0.1) is 32.6 Å². The molecule has 0 radical (unpaired) electrons. The number of sulfonamides is 1. The SMILES string of the molecule is COc1cc(Br)c(S(=O)(=O)N(CC(C)O)c2ccccc2)cc1OC. The van der Waals surface area contributed by atoms with Crippen LogP contribution in [-0.2, 0) is 10.0 Å². The second-order valence-corrected chi connectivity index (χ2v) is 8.04. The average molecular weight is 430 g/mol. The summed E-state index contributed by atoms with van der Waals surface area (Å²) in [6.45, 7) is 1.46. The predicted molar refractivity (Wildman–Crippen MR) is 99.9 cm³/mol. The fraction of sp³-hybridized carbons (Fsp3) is 0.294. The standard InChI is InChI=1S/C17H20BrNO5S/c1-12(20)11-19(13-7-5-4-6-8-13)25(21,22)17-10-16(24-3)15(23-2)9-14(17)18/h4-10,12,20H,11H2,1-3H3. The van der Waals surface area contributed by atoms with Gasteiger partial charge in [-0.2, -0.15) is 0 Å². The second-order valence-electron chi connectivity index (χ2n) is 5.36. The summed E-state index contributed by atoms with van der Waals surface area (Å²) in [5, 5.41) is 9.78. The maximum Gasteiger partial charge on any atom is 0.265 e. The number of benzene rings is 2. The quantitative estimate of drug-likeness (QED) is 0.731. The van der Waals surface area contributed by atoms with Gasteiger partial charge in [-0.1, -0.05) is 18.2 Å². The molecule has 2 aromatic rings. The first kappa shape index (κ1) is 19.6. The molecule has 0 aliphatic carbocycles. The molecule has 1 unspecified atom stereocenters. The molecule has 6 nitrogen and oxygen atoms in total. The minimum Gasteiger partial charge on any atom is -0.493 e. The zero-order valence-corrected chi connectivity index (χ0v) is 16.5. The van der Waals surface area contributed by atoms with Gasteiger partial charge in [0.25, 0.3) is 10.0 Å². The molecule has 0 heterocycles. The third-order valence-electron chi connectivity index (χ3n) is 3.48. The maximum absolute atomic E-state index is 13.2. The summed E-state index contributed by atoms with van der Waals surface area (Å²) in [5.41, 5.74) is 0.463. The molecule has 0 spiro atoms. The van der Waals surface area contributed by atoms with E-state index in [2.05, 4.69) is 15.9 Å². The van der Waals surface area contributed by atoms with Crippen molar-refractivity contribution in [3.05, 3.63) is 46.9 Å². The summed E-state index contributed by atoms with van der Waals surface area (Å²) in [6.07, 6.45) is -0.839. The molecule has 1 atom stereocenters. The number of methoxy groups -OCH3 is 2. The first-order valence-electron chi connectivity index (χ1n) is 7.48. The smallest absolute Gasteiger partial charge is 0.265 e. The van der Waals surface area contributed by atoms with Gasteiger partial charge in [-0.25, -0.2) is 8.42 Å². The Morgan fingerprint density at radius 2 is 1.68 bits per heavy atom. The number of nitrogens with zero attached hydrogens (tertiary/aromatic N) is 1. The van der Waals surface area contributed by atoms with E-state index in [0.717, 1.165) is 0 Å². The number of anilines is 1. The van der Waals surface area contributed by atoms with Crippen LogP contribution in [0, 0.1) is 0 Å². The van der Waals surface area contributed by atoms with Gasteiger partial charge in [-0.15, -0.1) is 0 Å². The summed E-state index contributed by atoms with van der Waals surface area (Å²) in [4.78, 5) is 0.0228. The van der Waals surface area contributed by atoms with Crippen molar-refractivity contribution in [2.45, 2.75) is 17.9 Å². The van der Waals surface area contributed by atoms with Crippen molar-refractivity contribution in [3.63, 3.8) is 0 Å². The topological polar surface area (TPSA) is 76.1 Å². The van der Waals surface area contributed by atoms with Crippen LogP contribution in [0.1, 0.15) is 6.92 Å². The van der Waals surface area contributed by atoms with Crippen LogP contribution in [0.2, 0.25) is 0 Å². The highest BCUT2D eigenvalue weighted by atomic mass is 79.9. The molecule has 25 heavy (non-hydrogen) atoms. The number of para-hydroxylation sites is 1. The van der Waals surface area contributed by atoms with Crippen LogP contribution in [0.15, 0.2) is 51.8 Å². The Kier molecular flexibility index (Phi) is 6.31. The van der Waals surface area contributed by atoms with Crippen LogP contribution in [-0.4, -0.2) is 40.4 Å². The minimum absolute atomic E-state index is 0.0228. The normalized spacial score (nSPS) is 12.5. The molecule has 0 bridgehead atoms. The first-order chi connectivity index (χ1) is 11.8. The van der Waals surface area contributed by atoms with E-state index in [0.29, 0.717) is 21.7 Å². The molecule has 136 valence electrons. The van der Waals surface area contributed by atoms with Crippen molar-refractivity contribution in [1.29, 1.82) is 0 Å². The molecule has 0 saturated heterocycles. The van der Waals surface area contributed by atoms with Gasteiger partial charge in [0.1, 0.15) is 4.90 Å². The third-order valence-corrected chi connectivity index (χ3v) is 6.23. The Morgan fingerprint density at radius 3 is 2.20 bits per heavy atom. The molecule has 1 N–H and O–H groups in total. The summed E-state index contributed by atoms with van der Waals surface area (Å²) in [7, 11) is -1.03. The van der Waals surface area contributed by atoms with Crippen LogP contribution in [0.4, 0.5) is 5.69 Å². The summed E-state index contributed by atoms with van der Waals surface area (Å²) >= 11 is 3.29. The number of rotatable bonds is 7. The predicted octanol–water partition coefficient (Wildman–Crippen LogP) is 3.04. The summed E-state index contributed by atoms with van der Waals surface area (Å²) in [6, 6.07) is 11.6. The largest absolute Gasteiger partial charge is 0.493 e. The van der Waals surface area contributed by atoms with E-state index in [-0.39, 0.29) is 11.4 Å². The lowest BCUT2D eigenvalue weighted by Crippen LogP contribution is -2.36. The Hall–Kier alpha value is -1.77. The van der Waals surface area contributed by atoms with Gasteiger partial charge in [-0.3, -0.25) is 4.31 Å². The molecule has 0 fully saturated rings. The van der Waals surface area contributed by atoms with E-state index in [4.69, 9.17) is 9.47 Å². The van der Waals surface area contributed by atoms with Crippen molar-refractivity contribution in [2.75, 3.05) is 25.1 Å². The zero-order chi connectivity index (χ0) is 18.6. The summed E-state index contributed by atoms with van der Waals surface area (Å²) < 4.78 is 38.4. The fourth-order valence-electron chi connectivity index (χ4n) is 2.33. The monoisotopic (exact) mass is 429 g/mol. The Bertz CT molecular complexity index is 824. The second kappa shape index (κ2) is 8.07. The molecule has 0 aromatic heterocycles. The molecule has 2 rings (SSSR count). The zero-order valence-electron chi connectivity index (χ0n) is 14.1. The molecule has 2 aromatic carbocycles. The third kappa shape index (κ3) is 4.26. The van der Waals surface area contributed by atoms with Crippen molar-refractivity contribution in [2.24, 2.45) is 0 Å². The van der Waals surface area contributed by atoms with Crippen LogP contribution < -0.4 is 13.8 Å². The van der Waals surface area contributed by atoms with E-state index in [9.17, 15) is 13.5 Å². The van der Waals surface area contributed by atoms with Crippen LogP contribution >= 0.6 is 15.9 Å². The van der Waals surface area contributed by atoms with Crippen molar-refractivity contribution >= 4 is 31.6 Å². The lowest BCUT2D eigenvalue weighted by atomic mass is 10.3. The Labute approximate surface area is 156 Å². The lowest BCUT2D eigenvalue weighted by Gasteiger charge is -2.26. The van der Waals surface area contributed by atoms with Gasteiger partial charge < -0.3 is 14.6 Å². The molecule has 8 heteroatoms. The van der Waals surface area contributed by atoms with Gasteiger partial charge in [0.15, 0.2) is 11.5 Å². The Morgan fingerprint density at radius 1 is 1.12 bits per heavy atom. The summed E-state index contributed by atoms with van der Waals surface area (Å²) in [5.74, 6) is 0.712. The highest BCUT2D eigenvalue weighted by molar-refractivity contribution is 9.10. The highest BCUT2D eigenvalue weighted by Crippen LogP contribution is 2.37. The van der Waals surface area contributed by atoms with Crippen molar-refractivity contribution < 1.29 is 23.0 Å². The number of hydrogen-bond acceptors (Lipinski definition) is 5. The molecule has 0 aliphatic heterocycles.